The van der Waals surface area contributed by atoms with Crippen LogP contribution >= 0.6 is 0 Å². The minimum absolute atomic E-state index is 0.0506. The van der Waals surface area contributed by atoms with Crippen molar-refractivity contribution in [3.63, 3.8) is 0 Å². The topological polar surface area (TPSA) is 104 Å². The fourth-order valence-electron chi connectivity index (χ4n) is 4.28. The first-order valence-corrected chi connectivity index (χ1v) is 12.0. The van der Waals surface area contributed by atoms with Crippen molar-refractivity contribution in [2.24, 2.45) is 7.05 Å². The van der Waals surface area contributed by atoms with Crippen molar-refractivity contribution < 1.29 is 4.79 Å². The molecule has 5 rings (SSSR count). The predicted molar refractivity (Wildman–Crippen MR) is 142 cm³/mol. The quantitative estimate of drug-likeness (QED) is 0.443. The third-order valence-corrected chi connectivity index (χ3v) is 6.35. The standard InChI is InChI=1S/C28H26N6O3/c1-32-24(19-20-6-3-2-4-7-20)25(35)31-23(27(32)37)18-21-8-10-22(11-9-21)26(36)33-14-16-34(17-15-33)28-29-12-5-13-30-28/h2-13,18-19H,14-17H2,1H3,(H,31,35). The number of hydrogen-bond donors (Lipinski definition) is 1. The Morgan fingerprint density at radius 1 is 0.838 bits per heavy atom. The second kappa shape index (κ2) is 10.4. The third kappa shape index (κ3) is 5.25. The molecule has 0 atom stereocenters. The summed E-state index contributed by atoms with van der Waals surface area (Å²) in [5.74, 6) is 0.620. The van der Waals surface area contributed by atoms with Crippen LogP contribution in [0.15, 0.2) is 82.6 Å². The molecule has 9 heteroatoms. The summed E-state index contributed by atoms with van der Waals surface area (Å²) in [5.41, 5.74) is 1.42. The van der Waals surface area contributed by atoms with Crippen molar-refractivity contribution in [1.29, 1.82) is 0 Å². The summed E-state index contributed by atoms with van der Waals surface area (Å²) in [6.45, 7) is 2.48. The molecule has 0 saturated carbocycles. The molecule has 3 heterocycles. The lowest BCUT2D eigenvalue weighted by Crippen LogP contribution is -2.52. The Morgan fingerprint density at radius 2 is 1.49 bits per heavy atom. The highest BCUT2D eigenvalue weighted by Crippen LogP contribution is 2.13. The van der Waals surface area contributed by atoms with Crippen molar-refractivity contribution in [3.05, 3.63) is 121 Å². The first kappa shape index (κ1) is 23.9. The summed E-state index contributed by atoms with van der Waals surface area (Å²) in [6.07, 6.45) is 6.71. The van der Waals surface area contributed by atoms with Gasteiger partial charge in [0.15, 0.2) is 0 Å². The van der Waals surface area contributed by atoms with Gasteiger partial charge in [-0.05, 0) is 41.5 Å². The van der Waals surface area contributed by atoms with Crippen LogP contribution in [0.3, 0.4) is 0 Å². The maximum Gasteiger partial charge on any atom is 0.274 e. The second-order valence-electron chi connectivity index (χ2n) is 8.77. The molecule has 9 nitrogen and oxygen atoms in total. The lowest BCUT2D eigenvalue weighted by molar-refractivity contribution is 0.0746. The van der Waals surface area contributed by atoms with Crippen LogP contribution in [0, 0.1) is 0 Å². The van der Waals surface area contributed by atoms with Crippen LogP contribution in [0.2, 0.25) is 0 Å². The summed E-state index contributed by atoms with van der Waals surface area (Å²) >= 11 is 0. The van der Waals surface area contributed by atoms with Crippen LogP contribution in [-0.4, -0.2) is 56.5 Å². The van der Waals surface area contributed by atoms with Gasteiger partial charge in [-0.1, -0.05) is 42.5 Å². The van der Waals surface area contributed by atoms with Gasteiger partial charge in [0.05, 0.1) is 0 Å². The summed E-state index contributed by atoms with van der Waals surface area (Å²) in [5, 5.41) is 0.448. The number of rotatable bonds is 4. The van der Waals surface area contributed by atoms with Crippen molar-refractivity contribution >= 4 is 24.0 Å². The van der Waals surface area contributed by atoms with Gasteiger partial charge in [-0.2, -0.15) is 0 Å². The van der Waals surface area contributed by atoms with Crippen molar-refractivity contribution in [3.8, 4) is 0 Å². The van der Waals surface area contributed by atoms with Gasteiger partial charge in [0.25, 0.3) is 17.0 Å². The number of aromatic nitrogens is 4. The maximum absolute atomic E-state index is 13.0. The fourth-order valence-corrected chi connectivity index (χ4v) is 4.28. The van der Waals surface area contributed by atoms with E-state index in [1.165, 1.54) is 4.57 Å². The molecule has 1 aliphatic rings. The van der Waals surface area contributed by atoms with Gasteiger partial charge in [0.1, 0.15) is 10.7 Å². The highest BCUT2D eigenvalue weighted by Gasteiger charge is 2.23. The maximum atomic E-state index is 13.0. The minimum Gasteiger partial charge on any atom is -0.337 e. The van der Waals surface area contributed by atoms with Gasteiger partial charge in [0.2, 0.25) is 5.95 Å². The summed E-state index contributed by atoms with van der Waals surface area (Å²) in [4.78, 5) is 53.8. The van der Waals surface area contributed by atoms with Gasteiger partial charge < -0.3 is 19.4 Å². The highest BCUT2D eigenvalue weighted by atomic mass is 16.2. The zero-order valence-electron chi connectivity index (χ0n) is 20.4. The molecule has 2 aromatic heterocycles. The number of aromatic amines is 1. The van der Waals surface area contributed by atoms with Crippen LogP contribution in [0.4, 0.5) is 5.95 Å². The van der Waals surface area contributed by atoms with E-state index in [9.17, 15) is 14.4 Å². The lowest BCUT2D eigenvalue weighted by Gasteiger charge is -2.34. The van der Waals surface area contributed by atoms with E-state index in [1.54, 1.807) is 61.9 Å². The third-order valence-electron chi connectivity index (χ3n) is 6.35. The molecule has 2 aromatic carbocycles. The van der Waals surface area contributed by atoms with Crippen molar-refractivity contribution in [1.82, 2.24) is 24.4 Å². The van der Waals surface area contributed by atoms with E-state index in [-0.39, 0.29) is 27.7 Å². The summed E-state index contributed by atoms with van der Waals surface area (Å²) < 4.78 is 1.34. The number of hydrogen-bond acceptors (Lipinski definition) is 6. The molecule has 186 valence electrons. The Morgan fingerprint density at radius 3 is 2.16 bits per heavy atom. The molecule has 37 heavy (non-hydrogen) atoms. The zero-order valence-corrected chi connectivity index (χ0v) is 20.4. The van der Waals surface area contributed by atoms with Gasteiger partial charge in [-0.15, -0.1) is 0 Å². The molecule has 1 amide bonds. The number of nitrogens with zero attached hydrogens (tertiary/aromatic N) is 5. The minimum atomic E-state index is -0.357. The number of H-pyrrole nitrogens is 1. The number of nitrogens with one attached hydrogen (secondary N) is 1. The van der Waals surface area contributed by atoms with Crippen LogP contribution < -0.4 is 26.7 Å². The first-order valence-electron chi connectivity index (χ1n) is 12.0. The molecule has 0 radical (unpaired) electrons. The van der Waals surface area contributed by atoms with Crippen LogP contribution in [0.5, 0.6) is 0 Å². The number of anilines is 1. The zero-order chi connectivity index (χ0) is 25.8. The Labute approximate surface area is 212 Å². The molecule has 1 saturated heterocycles. The monoisotopic (exact) mass is 494 g/mol. The van der Waals surface area contributed by atoms with Gasteiger partial charge in [0, 0.05) is 51.2 Å². The molecule has 0 bridgehead atoms. The molecule has 0 spiro atoms. The molecule has 0 unspecified atom stereocenters. The van der Waals surface area contributed by atoms with Crippen LogP contribution in [0.1, 0.15) is 21.5 Å². The van der Waals surface area contributed by atoms with E-state index >= 15 is 0 Å². The van der Waals surface area contributed by atoms with Crippen molar-refractivity contribution in [2.45, 2.75) is 0 Å². The molecule has 1 aliphatic heterocycles. The molecule has 4 aromatic rings. The Balaban J connectivity index is 1.33. The highest BCUT2D eigenvalue weighted by molar-refractivity contribution is 5.94. The van der Waals surface area contributed by atoms with Gasteiger partial charge >= 0.3 is 0 Å². The van der Waals surface area contributed by atoms with E-state index in [2.05, 4.69) is 19.9 Å². The average molecular weight is 495 g/mol. The van der Waals surface area contributed by atoms with E-state index < -0.39 is 0 Å². The SMILES string of the molecule is Cn1c(=O)c(=Cc2ccc(C(=O)N3CCN(c4ncccn4)CC3)cc2)[nH]c(=O)c1=Cc1ccccc1. The van der Waals surface area contributed by atoms with E-state index in [1.807, 2.05) is 35.2 Å². The second-order valence-corrected chi connectivity index (χ2v) is 8.77. The number of carbonyl (C=O) groups is 1. The molecule has 0 aliphatic carbocycles. The number of amides is 1. The molecule has 1 N–H and O–H groups in total. The number of carbonyl (C=O) groups excluding carboxylic acids is 1. The van der Waals surface area contributed by atoms with Crippen LogP contribution in [-0.2, 0) is 7.05 Å². The van der Waals surface area contributed by atoms with Crippen LogP contribution in [0.25, 0.3) is 12.2 Å². The molecular formula is C28H26N6O3. The Bertz CT molecular complexity index is 1640. The van der Waals surface area contributed by atoms with Gasteiger partial charge in [-0.3, -0.25) is 14.4 Å². The van der Waals surface area contributed by atoms with E-state index in [0.717, 1.165) is 5.56 Å². The molecule has 1 fully saturated rings. The summed E-state index contributed by atoms with van der Waals surface area (Å²) in [6, 6.07) is 18.1. The predicted octanol–water partition coefficient (Wildman–Crippen LogP) is 0.484. The average Bonchev–Trinajstić information content (AvgIpc) is 2.95. The largest absolute Gasteiger partial charge is 0.337 e. The number of benzene rings is 2. The number of piperazine rings is 1. The summed E-state index contributed by atoms with van der Waals surface area (Å²) in [7, 11) is 1.58. The Kier molecular flexibility index (Phi) is 6.76. The van der Waals surface area contributed by atoms with Crippen molar-refractivity contribution in [2.75, 3.05) is 31.1 Å². The Hall–Kier alpha value is -4.79. The van der Waals surface area contributed by atoms with E-state index in [0.29, 0.717) is 43.3 Å². The lowest BCUT2D eigenvalue weighted by atomic mass is 10.1. The normalized spacial score (nSPS) is 14.7. The molecular weight excluding hydrogens is 468 g/mol. The first-order chi connectivity index (χ1) is 18.0. The fraction of sp³-hybridized carbons (Fsp3) is 0.179. The van der Waals surface area contributed by atoms with E-state index in [4.69, 9.17) is 0 Å². The smallest absolute Gasteiger partial charge is 0.274 e. The van der Waals surface area contributed by atoms with Gasteiger partial charge in [-0.25, -0.2) is 9.97 Å².